The van der Waals surface area contributed by atoms with Crippen molar-refractivity contribution in [3.8, 4) is 0 Å². The van der Waals surface area contributed by atoms with Crippen molar-refractivity contribution in [3.05, 3.63) is 16.1 Å². The third-order valence-electron chi connectivity index (χ3n) is 2.95. The number of aryl methyl sites for hydroxylation is 1. The molecule has 0 fully saturated rings. The zero-order valence-corrected chi connectivity index (χ0v) is 13.8. The van der Waals surface area contributed by atoms with Gasteiger partial charge in [0.1, 0.15) is 0 Å². The number of rotatable bonds is 8. The second kappa shape index (κ2) is 9.72. The maximum absolute atomic E-state index is 5.04. The largest absolute Gasteiger partial charge is 0.385 e. The van der Waals surface area contributed by atoms with Gasteiger partial charge in [0, 0.05) is 39.7 Å². The van der Waals surface area contributed by atoms with E-state index in [-0.39, 0.29) is 0 Å². The number of hydrogen-bond donors (Lipinski definition) is 1. The summed E-state index contributed by atoms with van der Waals surface area (Å²) in [6, 6.07) is 0. The van der Waals surface area contributed by atoms with Gasteiger partial charge < -0.3 is 15.0 Å². The summed E-state index contributed by atoms with van der Waals surface area (Å²) in [4.78, 5) is 10.9. The zero-order chi connectivity index (χ0) is 14.8. The van der Waals surface area contributed by atoms with Gasteiger partial charge in [-0.2, -0.15) is 0 Å². The summed E-state index contributed by atoms with van der Waals surface area (Å²) >= 11 is 1.68. The quantitative estimate of drug-likeness (QED) is 0.454. The van der Waals surface area contributed by atoms with Gasteiger partial charge in [-0.1, -0.05) is 0 Å². The van der Waals surface area contributed by atoms with Crippen molar-refractivity contribution in [3.63, 3.8) is 0 Å². The minimum atomic E-state index is 0.785. The lowest BCUT2D eigenvalue weighted by atomic mass is 10.2. The minimum Gasteiger partial charge on any atom is -0.385 e. The van der Waals surface area contributed by atoms with Crippen molar-refractivity contribution in [1.29, 1.82) is 0 Å². The molecular weight excluding hydrogens is 272 g/mol. The molecule has 1 aromatic heterocycles. The van der Waals surface area contributed by atoms with Crippen LogP contribution in [0.3, 0.4) is 0 Å². The first-order valence-electron chi connectivity index (χ1n) is 6.99. The molecule has 0 spiro atoms. The maximum Gasteiger partial charge on any atom is 0.193 e. The van der Waals surface area contributed by atoms with E-state index in [0.717, 1.165) is 49.2 Å². The molecule has 0 amide bonds. The third kappa shape index (κ3) is 6.34. The lowest BCUT2D eigenvalue weighted by Gasteiger charge is -2.21. The second-order valence-electron chi connectivity index (χ2n) is 4.74. The topological polar surface area (TPSA) is 49.8 Å². The molecule has 6 heteroatoms. The Hall–Kier alpha value is -1.14. The van der Waals surface area contributed by atoms with E-state index in [4.69, 9.17) is 4.74 Å². The van der Waals surface area contributed by atoms with Crippen molar-refractivity contribution in [1.82, 2.24) is 15.2 Å². The van der Waals surface area contributed by atoms with Crippen LogP contribution >= 0.6 is 11.3 Å². The summed E-state index contributed by atoms with van der Waals surface area (Å²) in [7, 11) is 5.60. The number of nitrogens with zero attached hydrogens (tertiary/aromatic N) is 3. The number of ether oxygens (including phenoxy) is 1. The van der Waals surface area contributed by atoms with Gasteiger partial charge in [0.25, 0.3) is 0 Å². The summed E-state index contributed by atoms with van der Waals surface area (Å²) in [6.07, 6.45) is 3.42. The van der Waals surface area contributed by atoms with E-state index in [9.17, 15) is 0 Å². The molecule has 1 N–H and O–H groups in total. The molecule has 1 rings (SSSR count). The number of nitrogens with one attached hydrogen (secondary N) is 1. The predicted molar refractivity (Wildman–Crippen MR) is 85.4 cm³/mol. The molecule has 0 unspecified atom stereocenters. The molecule has 0 atom stereocenters. The van der Waals surface area contributed by atoms with Crippen LogP contribution in [-0.2, 0) is 11.3 Å². The van der Waals surface area contributed by atoms with Crippen LogP contribution in [-0.4, -0.2) is 50.2 Å². The first kappa shape index (κ1) is 16.9. The van der Waals surface area contributed by atoms with Crippen LogP contribution in [0.4, 0.5) is 0 Å². The third-order valence-corrected chi connectivity index (χ3v) is 3.77. The number of methoxy groups -OCH3 is 1. The van der Waals surface area contributed by atoms with Crippen LogP contribution < -0.4 is 5.32 Å². The van der Waals surface area contributed by atoms with E-state index in [1.165, 1.54) is 6.42 Å². The Morgan fingerprint density at radius 1 is 1.45 bits per heavy atom. The van der Waals surface area contributed by atoms with Crippen LogP contribution in [0.25, 0.3) is 0 Å². The maximum atomic E-state index is 5.04. The number of aliphatic imine (C=N–C) groups is 1. The summed E-state index contributed by atoms with van der Waals surface area (Å²) < 4.78 is 5.04. The normalized spacial score (nSPS) is 11.7. The molecule has 0 aliphatic heterocycles. The van der Waals surface area contributed by atoms with Crippen LogP contribution in [0.1, 0.15) is 30.0 Å². The number of thiazole rings is 1. The molecule has 0 aliphatic rings. The van der Waals surface area contributed by atoms with Gasteiger partial charge in [0.05, 0.1) is 17.2 Å². The summed E-state index contributed by atoms with van der Waals surface area (Å²) in [6.45, 7) is 4.60. The lowest BCUT2D eigenvalue weighted by Crippen LogP contribution is -2.38. The molecule has 0 saturated carbocycles. The van der Waals surface area contributed by atoms with Gasteiger partial charge in [0.15, 0.2) is 5.96 Å². The van der Waals surface area contributed by atoms with Gasteiger partial charge in [-0.3, -0.25) is 4.99 Å². The fourth-order valence-corrected chi connectivity index (χ4v) is 2.54. The van der Waals surface area contributed by atoms with Crippen LogP contribution in [0.5, 0.6) is 0 Å². The summed E-state index contributed by atoms with van der Waals surface area (Å²) in [5.74, 6) is 0.919. The molecule has 0 saturated heterocycles. The first-order chi connectivity index (χ1) is 9.67. The molecule has 20 heavy (non-hydrogen) atoms. The van der Waals surface area contributed by atoms with Gasteiger partial charge in [-0.15, -0.1) is 11.3 Å². The standard InChI is InChI=1S/C14H26N4OS/c1-12-17-13(11-20-12)10-18(3)14(15-2)16-8-6-5-7-9-19-4/h11H,5-10H2,1-4H3,(H,15,16). The predicted octanol–water partition coefficient (Wildman–Crippen LogP) is 2.28. The lowest BCUT2D eigenvalue weighted by molar-refractivity contribution is 0.192. The fourth-order valence-electron chi connectivity index (χ4n) is 1.93. The van der Waals surface area contributed by atoms with Gasteiger partial charge in [-0.25, -0.2) is 4.98 Å². The molecule has 0 aliphatic carbocycles. The van der Waals surface area contributed by atoms with Crippen molar-refractivity contribution >= 4 is 17.3 Å². The molecule has 0 radical (unpaired) electrons. The van der Waals surface area contributed by atoms with Crippen molar-refractivity contribution in [2.75, 3.05) is 34.4 Å². The van der Waals surface area contributed by atoms with E-state index in [0.29, 0.717) is 0 Å². The monoisotopic (exact) mass is 298 g/mol. The van der Waals surface area contributed by atoms with Gasteiger partial charge in [-0.05, 0) is 26.2 Å². The van der Waals surface area contributed by atoms with Gasteiger partial charge >= 0.3 is 0 Å². The van der Waals surface area contributed by atoms with E-state index in [1.54, 1.807) is 18.4 Å². The number of guanidine groups is 1. The Kier molecular flexibility index (Phi) is 8.22. The van der Waals surface area contributed by atoms with Crippen LogP contribution in [0.2, 0.25) is 0 Å². The Balaban J connectivity index is 2.27. The molecule has 0 aromatic carbocycles. The SMILES string of the molecule is CN=C(NCCCCCOC)N(C)Cc1csc(C)n1. The number of aromatic nitrogens is 1. The molecule has 1 heterocycles. The van der Waals surface area contributed by atoms with E-state index >= 15 is 0 Å². The van der Waals surface area contributed by atoms with E-state index < -0.39 is 0 Å². The molecule has 1 aromatic rings. The average molecular weight is 298 g/mol. The fraction of sp³-hybridized carbons (Fsp3) is 0.714. The Labute approximate surface area is 126 Å². The highest BCUT2D eigenvalue weighted by Gasteiger charge is 2.07. The Bertz CT molecular complexity index is 406. The summed E-state index contributed by atoms with van der Waals surface area (Å²) in [5.41, 5.74) is 1.10. The smallest absolute Gasteiger partial charge is 0.193 e. The van der Waals surface area contributed by atoms with Crippen molar-refractivity contribution in [2.45, 2.75) is 32.7 Å². The highest BCUT2D eigenvalue weighted by atomic mass is 32.1. The average Bonchev–Trinajstić information content (AvgIpc) is 2.83. The first-order valence-corrected chi connectivity index (χ1v) is 7.87. The van der Waals surface area contributed by atoms with Crippen LogP contribution in [0, 0.1) is 6.92 Å². The molecule has 5 nitrogen and oxygen atoms in total. The second-order valence-corrected chi connectivity index (χ2v) is 5.80. The molecule has 0 bridgehead atoms. The number of hydrogen-bond acceptors (Lipinski definition) is 4. The van der Waals surface area contributed by atoms with Gasteiger partial charge in [0.2, 0.25) is 0 Å². The highest BCUT2D eigenvalue weighted by molar-refractivity contribution is 7.09. The van der Waals surface area contributed by atoms with Crippen molar-refractivity contribution in [2.24, 2.45) is 4.99 Å². The Morgan fingerprint density at radius 2 is 2.25 bits per heavy atom. The zero-order valence-electron chi connectivity index (χ0n) is 13.0. The highest BCUT2D eigenvalue weighted by Crippen LogP contribution is 2.09. The number of unbranched alkanes of at least 4 members (excludes halogenated alkanes) is 2. The van der Waals surface area contributed by atoms with E-state index in [2.05, 4.69) is 25.6 Å². The molecule has 114 valence electrons. The Morgan fingerprint density at radius 3 is 2.85 bits per heavy atom. The van der Waals surface area contributed by atoms with Crippen LogP contribution in [0.15, 0.2) is 10.4 Å². The van der Waals surface area contributed by atoms with E-state index in [1.807, 2.05) is 21.0 Å². The summed E-state index contributed by atoms with van der Waals surface area (Å²) in [5, 5.41) is 6.59. The molecular formula is C14H26N4OS. The van der Waals surface area contributed by atoms with Crippen molar-refractivity contribution < 1.29 is 4.74 Å². The minimum absolute atomic E-state index is 0.785.